The number of aldehydes is 1. The van der Waals surface area contributed by atoms with Crippen molar-refractivity contribution in [2.45, 2.75) is 173 Å². The molecule has 2 heterocycles. The average molecular weight is 825 g/mol. The third-order valence-corrected chi connectivity index (χ3v) is 17.2. The standard InChI is InChI=1S/C42H64O16/c1-37(2)13-14-42(36(53)54)20(15-37)19-7-8-23-38(3)11-10-25(39(4,18-44)22(38)9-12-40(23,5)41(19,6)16-24(42)45)56-35-32(29(49)28(48)31(57-35)33(51)52)58-34-30(50)27(47)26(46)21(17-43)55-34/h7,18,20-32,34-35,43,45-50H,8-17H2,1-6H3,(H,51,52)(H,53,54)/t20?,21?,22?,23?,24-,25-,26-,27?,28-,29?,30?,31?,32?,34-,35+,38?,39?,40?,41?,42?/m0/s1. The van der Waals surface area contributed by atoms with E-state index in [0.717, 1.165) is 11.9 Å². The Morgan fingerprint density at radius 1 is 0.793 bits per heavy atom. The molecule has 14 unspecified atom stereocenters. The molecule has 0 bridgehead atoms. The molecule has 0 aromatic heterocycles. The van der Waals surface area contributed by atoms with Crippen LogP contribution in [-0.2, 0) is 33.3 Å². The predicted molar refractivity (Wildman–Crippen MR) is 200 cm³/mol. The van der Waals surface area contributed by atoms with E-state index in [1.807, 2.05) is 0 Å². The van der Waals surface area contributed by atoms with E-state index in [4.69, 9.17) is 18.9 Å². The Morgan fingerprint density at radius 3 is 2.10 bits per heavy atom. The van der Waals surface area contributed by atoms with E-state index in [0.29, 0.717) is 57.8 Å². The van der Waals surface area contributed by atoms with Crippen molar-refractivity contribution in [2.75, 3.05) is 6.61 Å². The zero-order valence-electron chi connectivity index (χ0n) is 34.3. The molecule has 2 saturated heterocycles. The molecule has 0 spiro atoms. The minimum Gasteiger partial charge on any atom is -0.481 e. The Labute approximate surface area is 338 Å². The van der Waals surface area contributed by atoms with Crippen LogP contribution < -0.4 is 0 Å². The van der Waals surface area contributed by atoms with Gasteiger partial charge in [0.1, 0.15) is 54.4 Å². The Bertz CT molecular complexity index is 1650. The minimum absolute atomic E-state index is 0.0374. The number of carbonyl (C=O) groups is 3. The summed E-state index contributed by atoms with van der Waals surface area (Å²) in [7, 11) is 0. The van der Waals surface area contributed by atoms with Crippen molar-refractivity contribution in [3.63, 3.8) is 0 Å². The van der Waals surface area contributed by atoms with Gasteiger partial charge >= 0.3 is 11.9 Å². The lowest BCUT2D eigenvalue weighted by Gasteiger charge is -2.71. The SMILES string of the molecule is CC1(C)CCC2(C(=O)O)C(C1)C1=CCC3C4(C)CC[C@H](O[C@@H]5OC(C(=O)O)[C@@H](O)C(O)C5O[C@@H]5OC(CO)[C@H](O)C(O)C5O)C(C)(C=O)C4CCC3(C)C1(C)C[C@@H]2O. The first kappa shape index (κ1) is 44.0. The quantitative estimate of drug-likeness (QED) is 0.0943. The first-order chi connectivity index (χ1) is 27.0. The molecule has 0 amide bonds. The van der Waals surface area contributed by atoms with Crippen LogP contribution in [0.5, 0.6) is 0 Å². The van der Waals surface area contributed by atoms with Crippen molar-refractivity contribution < 1.29 is 79.3 Å². The minimum atomic E-state index is -2.03. The molecule has 9 N–H and O–H groups in total. The number of fused-ring (bicyclic) bond motifs is 7. The monoisotopic (exact) mass is 824 g/mol. The summed E-state index contributed by atoms with van der Waals surface area (Å²) in [5, 5.41) is 95.7. The highest BCUT2D eigenvalue weighted by atomic mass is 16.8. The van der Waals surface area contributed by atoms with E-state index in [1.54, 1.807) is 6.92 Å². The Balaban J connectivity index is 1.19. The summed E-state index contributed by atoms with van der Waals surface area (Å²) in [6.45, 7) is 12.1. The number of rotatable bonds is 8. The fourth-order valence-corrected chi connectivity index (χ4v) is 13.6. The van der Waals surface area contributed by atoms with E-state index >= 15 is 0 Å². The number of carbonyl (C=O) groups excluding carboxylic acids is 1. The topological polar surface area (TPSA) is 270 Å². The maximum Gasteiger partial charge on any atom is 0.335 e. The largest absolute Gasteiger partial charge is 0.481 e. The molecular weight excluding hydrogens is 760 g/mol. The molecule has 20 atom stereocenters. The van der Waals surface area contributed by atoms with Gasteiger partial charge in [-0.15, -0.1) is 0 Å². The highest BCUT2D eigenvalue weighted by Crippen LogP contribution is 2.76. The summed E-state index contributed by atoms with van der Waals surface area (Å²) in [6.07, 6.45) is -11.9. The Morgan fingerprint density at radius 2 is 1.48 bits per heavy atom. The number of hydrogen-bond acceptors (Lipinski definition) is 14. The number of allylic oxidation sites excluding steroid dienone is 2. The van der Waals surface area contributed by atoms with Crippen LogP contribution >= 0.6 is 0 Å². The van der Waals surface area contributed by atoms with Crippen molar-refractivity contribution >= 4 is 18.2 Å². The van der Waals surface area contributed by atoms with Crippen LogP contribution in [0.4, 0.5) is 0 Å². The second kappa shape index (κ2) is 14.8. The molecule has 7 rings (SSSR count). The van der Waals surface area contributed by atoms with E-state index < -0.39 is 114 Å². The first-order valence-corrected chi connectivity index (χ1v) is 20.9. The molecule has 16 heteroatoms. The summed E-state index contributed by atoms with van der Waals surface area (Å²) in [4.78, 5) is 38.8. The second-order valence-corrected chi connectivity index (χ2v) is 20.5. The van der Waals surface area contributed by atoms with Crippen LogP contribution in [0.1, 0.15) is 99.3 Å². The molecule has 0 aromatic carbocycles. The average Bonchev–Trinajstić information content (AvgIpc) is 3.15. The van der Waals surface area contributed by atoms with Gasteiger partial charge in [-0.1, -0.05) is 53.2 Å². The number of carboxylic acid groups (broad SMARTS) is 2. The van der Waals surface area contributed by atoms with Gasteiger partial charge in [-0.25, -0.2) is 4.79 Å². The van der Waals surface area contributed by atoms with Gasteiger partial charge in [0.05, 0.1) is 24.2 Å². The van der Waals surface area contributed by atoms with Gasteiger partial charge in [-0.05, 0) is 97.2 Å². The molecule has 2 aliphatic heterocycles. The summed E-state index contributed by atoms with van der Waals surface area (Å²) in [5.41, 5.74) is -2.70. The van der Waals surface area contributed by atoms with Gasteiger partial charge in [-0.2, -0.15) is 0 Å². The van der Waals surface area contributed by atoms with Gasteiger partial charge in [0.2, 0.25) is 0 Å². The zero-order valence-corrected chi connectivity index (χ0v) is 34.3. The van der Waals surface area contributed by atoms with Crippen LogP contribution in [0.25, 0.3) is 0 Å². The molecule has 16 nitrogen and oxygen atoms in total. The molecule has 5 aliphatic carbocycles. The highest BCUT2D eigenvalue weighted by molar-refractivity contribution is 5.77. The number of ether oxygens (including phenoxy) is 4. The maximum absolute atomic E-state index is 13.5. The number of hydrogen-bond donors (Lipinski definition) is 9. The third-order valence-electron chi connectivity index (χ3n) is 17.2. The van der Waals surface area contributed by atoms with Gasteiger partial charge in [-0.3, -0.25) is 4.79 Å². The fraction of sp³-hybridized carbons (Fsp3) is 0.881. The normalized spacial score (nSPS) is 53.8. The lowest BCUT2D eigenvalue weighted by molar-refractivity contribution is -0.373. The fourth-order valence-electron chi connectivity index (χ4n) is 13.6. The summed E-state index contributed by atoms with van der Waals surface area (Å²) in [6, 6.07) is 0. The van der Waals surface area contributed by atoms with Gasteiger partial charge in [0, 0.05) is 0 Å². The third kappa shape index (κ3) is 6.21. The van der Waals surface area contributed by atoms with Crippen LogP contribution in [0, 0.1) is 50.2 Å². The molecule has 6 fully saturated rings. The van der Waals surface area contributed by atoms with Crippen LogP contribution in [0.2, 0.25) is 0 Å². The summed E-state index contributed by atoms with van der Waals surface area (Å²) >= 11 is 0. The molecular formula is C42H64O16. The van der Waals surface area contributed by atoms with E-state index in [9.17, 15) is 60.3 Å². The lowest BCUT2D eigenvalue weighted by Crippen LogP contribution is -2.68. The van der Waals surface area contributed by atoms with Crippen molar-refractivity contribution in [3.05, 3.63) is 11.6 Å². The van der Waals surface area contributed by atoms with Gasteiger partial charge < -0.3 is 69.7 Å². The second-order valence-electron chi connectivity index (χ2n) is 20.5. The summed E-state index contributed by atoms with van der Waals surface area (Å²) < 4.78 is 23.6. The van der Waals surface area contributed by atoms with E-state index in [1.165, 1.54) is 0 Å². The summed E-state index contributed by atoms with van der Waals surface area (Å²) in [5.74, 6) is -3.07. The number of carboxylic acids is 2. The van der Waals surface area contributed by atoms with Gasteiger partial charge in [0.15, 0.2) is 18.7 Å². The predicted octanol–water partition coefficient (Wildman–Crippen LogP) is 1.12. The van der Waals surface area contributed by atoms with Crippen molar-refractivity contribution in [3.8, 4) is 0 Å². The molecule has 4 saturated carbocycles. The number of aliphatic hydroxyl groups excluding tert-OH is 7. The first-order valence-electron chi connectivity index (χ1n) is 20.9. The van der Waals surface area contributed by atoms with E-state index in [2.05, 4.69) is 40.7 Å². The van der Waals surface area contributed by atoms with Crippen LogP contribution in [-0.4, -0.2) is 144 Å². The van der Waals surface area contributed by atoms with Gasteiger partial charge in [0.25, 0.3) is 0 Å². The Kier molecular flexibility index (Phi) is 11.2. The van der Waals surface area contributed by atoms with Crippen LogP contribution in [0.3, 0.4) is 0 Å². The van der Waals surface area contributed by atoms with Crippen LogP contribution in [0.15, 0.2) is 11.6 Å². The zero-order chi connectivity index (χ0) is 42.7. The molecule has 328 valence electrons. The van der Waals surface area contributed by atoms with E-state index in [-0.39, 0.29) is 28.6 Å². The Hall–Kier alpha value is -2.09. The van der Waals surface area contributed by atoms with Crippen molar-refractivity contribution in [2.24, 2.45) is 50.2 Å². The lowest BCUT2D eigenvalue weighted by atomic mass is 9.33. The molecule has 7 aliphatic rings. The van der Waals surface area contributed by atoms with Crippen molar-refractivity contribution in [1.82, 2.24) is 0 Å². The highest BCUT2D eigenvalue weighted by Gasteiger charge is 2.72. The number of aliphatic carboxylic acids is 2. The van der Waals surface area contributed by atoms with Crippen molar-refractivity contribution in [1.29, 1.82) is 0 Å². The maximum atomic E-state index is 13.5. The molecule has 0 aromatic rings. The molecule has 58 heavy (non-hydrogen) atoms. The number of aliphatic hydroxyl groups is 7. The molecule has 0 radical (unpaired) electrons. The smallest absolute Gasteiger partial charge is 0.335 e.